The number of quaternary nitrogens is 1. The Balaban J connectivity index is 1.56. The van der Waals surface area contributed by atoms with E-state index in [1.165, 1.54) is 17.5 Å². The Morgan fingerprint density at radius 1 is 0.806 bits per heavy atom. The van der Waals surface area contributed by atoms with Crippen LogP contribution in [-0.2, 0) is 0 Å². The van der Waals surface area contributed by atoms with Crippen LogP contribution < -0.4 is 5.43 Å². The van der Waals surface area contributed by atoms with Gasteiger partial charge in [-0.1, -0.05) is 78.9 Å². The number of rotatable bonds is 7. The van der Waals surface area contributed by atoms with Crippen LogP contribution in [0.4, 0.5) is 0 Å². The van der Waals surface area contributed by atoms with Crippen LogP contribution in [0.3, 0.4) is 0 Å². The minimum Gasteiger partial charge on any atom is -0.264 e. The molecular formula is C28H33N2O+. The van der Waals surface area contributed by atoms with Gasteiger partial charge in [0.05, 0.1) is 0 Å². The Morgan fingerprint density at radius 2 is 1.35 bits per heavy atom. The van der Waals surface area contributed by atoms with E-state index < -0.39 is 0 Å². The molecule has 0 saturated carbocycles. The van der Waals surface area contributed by atoms with E-state index in [4.69, 9.17) is 0 Å². The van der Waals surface area contributed by atoms with Gasteiger partial charge in [0, 0.05) is 17.9 Å². The van der Waals surface area contributed by atoms with Gasteiger partial charge in [0.1, 0.15) is 19.6 Å². The Bertz CT molecular complexity index is 939. The molecule has 1 heterocycles. The van der Waals surface area contributed by atoms with Gasteiger partial charge < -0.3 is 0 Å². The topological polar surface area (TPSA) is 29.1 Å². The fourth-order valence-electron chi connectivity index (χ4n) is 4.88. The predicted octanol–water partition coefficient (Wildman–Crippen LogP) is 5.86. The van der Waals surface area contributed by atoms with Crippen LogP contribution in [-0.4, -0.2) is 30.1 Å². The van der Waals surface area contributed by atoms with Crippen molar-refractivity contribution in [3.05, 3.63) is 107 Å². The van der Waals surface area contributed by atoms with Gasteiger partial charge in [-0.05, 0) is 48.9 Å². The van der Waals surface area contributed by atoms with Crippen molar-refractivity contribution in [2.24, 2.45) is 0 Å². The second-order valence-corrected chi connectivity index (χ2v) is 8.80. The van der Waals surface area contributed by atoms with Crippen LogP contribution in [0.1, 0.15) is 58.6 Å². The van der Waals surface area contributed by atoms with Gasteiger partial charge in [-0.15, -0.1) is 0 Å². The van der Waals surface area contributed by atoms with Crippen LogP contribution in [0.5, 0.6) is 0 Å². The number of hydrogen-bond donors (Lipinski definition) is 1. The molecule has 3 heteroatoms. The first-order valence-corrected chi connectivity index (χ1v) is 11.5. The van der Waals surface area contributed by atoms with Crippen molar-refractivity contribution in [2.45, 2.75) is 38.5 Å². The summed E-state index contributed by atoms with van der Waals surface area (Å²) in [6.45, 7) is 4.96. The Hall–Kier alpha value is -2.91. The molecule has 1 aliphatic rings. The SMILES string of the molecule is Cc1ccccc1C(=O)N[N+]1(CCC(c2ccccc2)c2ccccc2)CCCCC1. The van der Waals surface area contributed by atoms with Gasteiger partial charge in [0.15, 0.2) is 0 Å². The number of carbonyl (C=O) groups is 1. The first-order valence-electron chi connectivity index (χ1n) is 11.5. The molecule has 0 radical (unpaired) electrons. The lowest BCUT2D eigenvalue weighted by molar-refractivity contribution is -0.965. The maximum absolute atomic E-state index is 13.2. The number of benzene rings is 3. The Kier molecular flexibility index (Phi) is 6.83. The van der Waals surface area contributed by atoms with E-state index in [-0.39, 0.29) is 5.91 Å². The van der Waals surface area contributed by atoms with Gasteiger partial charge in [-0.25, -0.2) is 4.59 Å². The van der Waals surface area contributed by atoms with E-state index in [0.717, 1.165) is 50.0 Å². The van der Waals surface area contributed by atoms with Gasteiger partial charge >= 0.3 is 0 Å². The highest BCUT2D eigenvalue weighted by Crippen LogP contribution is 2.30. The largest absolute Gasteiger partial charge is 0.296 e. The van der Waals surface area contributed by atoms with Crippen molar-refractivity contribution in [1.29, 1.82) is 0 Å². The van der Waals surface area contributed by atoms with Crippen molar-refractivity contribution < 1.29 is 9.39 Å². The molecule has 31 heavy (non-hydrogen) atoms. The minimum absolute atomic E-state index is 0.0518. The molecule has 0 spiro atoms. The van der Waals surface area contributed by atoms with Gasteiger partial charge in [0.2, 0.25) is 0 Å². The second kappa shape index (κ2) is 9.93. The summed E-state index contributed by atoms with van der Waals surface area (Å²) < 4.78 is 0.684. The molecule has 0 bridgehead atoms. The van der Waals surface area contributed by atoms with Gasteiger partial charge in [-0.3, -0.25) is 4.79 Å². The zero-order valence-corrected chi connectivity index (χ0v) is 18.5. The maximum Gasteiger partial charge on any atom is 0.296 e. The molecule has 1 fully saturated rings. The zero-order valence-electron chi connectivity index (χ0n) is 18.5. The smallest absolute Gasteiger partial charge is 0.264 e. The molecule has 160 valence electrons. The average molecular weight is 414 g/mol. The summed E-state index contributed by atoms with van der Waals surface area (Å²) in [4.78, 5) is 13.2. The number of amides is 1. The van der Waals surface area contributed by atoms with Crippen LogP contribution in [0, 0.1) is 6.92 Å². The Labute approximate surface area is 186 Å². The van der Waals surface area contributed by atoms with Crippen molar-refractivity contribution in [2.75, 3.05) is 19.6 Å². The van der Waals surface area contributed by atoms with E-state index in [1.54, 1.807) is 0 Å². The molecule has 3 aromatic carbocycles. The van der Waals surface area contributed by atoms with Crippen LogP contribution in [0.25, 0.3) is 0 Å². The number of nitrogens with one attached hydrogen (secondary N) is 1. The lowest BCUT2D eigenvalue weighted by Crippen LogP contribution is -2.63. The number of likely N-dealkylation sites (tertiary alicyclic amines) is 1. The average Bonchev–Trinajstić information content (AvgIpc) is 2.81. The second-order valence-electron chi connectivity index (χ2n) is 8.80. The molecule has 3 aromatic rings. The lowest BCUT2D eigenvalue weighted by Gasteiger charge is -2.41. The number of carbonyl (C=O) groups excluding carboxylic acids is 1. The maximum atomic E-state index is 13.2. The van der Waals surface area contributed by atoms with Crippen molar-refractivity contribution in [1.82, 2.24) is 5.43 Å². The number of aryl methyl sites for hydroxylation is 1. The molecule has 1 saturated heterocycles. The first kappa shape index (κ1) is 21.3. The summed E-state index contributed by atoms with van der Waals surface area (Å²) in [6.07, 6.45) is 4.58. The van der Waals surface area contributed by atoms with Crippen LogP contribution in [0.2, 0.25) is 0 Å². The number of nitrogens with zero attached hydrogens (tertiary/aromatic N) is 1. The molecule has 0 unspecified atom stereocenters. The molecule has 0 aliphatic carbocycles. The summed E-state index contributed by atoms with van der Waals surface area (Å²) in [6, 6.07) is 29.4. The minimum atomic E-state index is 0.0518. The molecule has 1 N–H and O–H groups in total. The molecule has 1 amide bonds. The Morgan fingerprint density at radius 3 is 1.94 bits per heavy atom. The van der Waals surface area contributed by atoms with E-state index in [0.29, 0.717) is 10.5 Å². The highest BCUT2D eigenvalue weighted by molar-refractivity contribution is 5.94. The predicted molar refractivity (Wildman–Crippen MR) is 127 cm³/mol. The monoisotopic (exact) mass is 413 g/mol. The van der Waals surface area contributed by atoms with E-state index in [9.17, 15) is 4.79 Å². The van der Waals surface area contributed by atoms with E-state index in [1.807, 2.05) is 31.2 Å². The lowest BCUT2D eigenvalue weighted by atomic mass is 9.88. The molecule has 4 rings (SSSR count). The van der Waals surface area contributed by atoms with Crippen molar-refractivity contribution in [3.63, 3.8) is 0 Å². The van der Waals surface area contributed by atoms with Crippen molar-refractivity contribution in [3.8, 4) is 0 Å². The van der Waals surface area contributed by atoms with Crippen LogP contribution in [0.15, 0.2) is 84.9 Å². The number of piperidine rings is 1. The highest BCUT2D eigenvalue weighted by atomic mass is 16.2. The highest BCUT2D eigenvalue weighted by Gasteiger charge is 2.34. The fraction of sp³-hybridized carbons (Fsp3) is 0.321. The first-order chi connectivity index (χ1) is 15.2. The molecule has 0 atom stereocenters. The third kappa shape index (κ3) is 5.23. The standard InChI is InChI=1S/C28H32N2O/c1-23-13-9-10-18-26(23)28(31)29-30(20-11-4-12-21-30)22-19-27(24-14-5-2-6-15-24)25-16-7-3-8-17-25/h2-3,5-10,13-18,27H,4,11-12,19-22H2,1H3/p+1. The molecule has 3 nitrogen and oxygen atoms in total. The third-order valence-corrected chi connectivity index (χ3v) is 6.65. The molecule has 1 aliphatic heterocycles. The summed E-state index contributed by atoms with van der Waals surface area (Å²) in [5.41, 5.74) is 7.94. The fourth-order valence-corrected chi connectivity index (χ4v) is 4.88. The third-order valence-electron chi connectivity index (χ3n) is 6.65. The molecular weight excluding hydrogens is 380 g/mol. The quantitative estimate of drug-likeness (QED) is 0.483. The summed E-state index contributed by atoms with van der Waals surface area (Å²) in [5.74, 6) is 0.380. The van der Waals surface area contributed by atoms with Crippen LogP contribution >= 0.6 is 0 Å². The van der Waals surface area contributed by atoms with E-state index in [2.05, 4.69) is 66.1 Å². The normalized spacial score (nSPS) is 15.5. The van der Waals surface area contributed by atoms with E-state index >= 15 is 0 Å². The van der Waals surface area contributed by atoms with Crippen molar-refractivity contribution >= 4 is 5.91 Å². The summed E-state index contributed by atoms with van der Waals surface area (Å²) >= 11 is 0. The zero-order chi connectivity index (χ0) is 21.5. The van der Waals surface area contributed by atoms with Gasteiger partial charge in [0.25, 0.3) is 5.91 Å². The number of hydrogen-bond acceptors (Lipinski definition) is 1. The van der Waals surface area contributed by atoms with Gasteiger partial charge in [-0.2, -0.15) is 5.43 Å². The molecule has 0 aromatic heterocycles. The summed E-state index contributed by atoms with van der Waals surface area (Å²) in [7, 11) is 0. The summed E-state index contributed by atoms with van der Waals surface area (Å²) in [5, 5.41) is 0.